The molecule has 0 saturated carbocycles. The Morgan fingerprint density at radius 1 is 0.789 bits per heavy atom. The lowest BCUT2D eigenvalue weighted by atomic mass is 10.2. The molecular weight excluding hydrogens is 282 g/mol. The van der Waals surface area contributed by atoms with Gasteiger partial charge in [0, 0.05) is 10.0 Å². The SMILES string of the molecule is Cc1ccc(Cl)cc1O[B]Oc1cc(Cl)ccc1C. The van der Waals surface area contributed by atoms with Crippen molar-refractivity contribution in [2.45, 2.75) is 13.8 Å². The van der Waals surface area contributed by atoms with E-state index in [1.54, 1.807) is 12.1 Å². The first-order chi connectivity index (χ1) is 9.06. The van der Waals surface area contributed by atoms with E-state index < -0.39 is 0 Å². The molecule has 0 unspecified atom stereocenters. The van der Waals surface area contributed by atoms with Gasteiger partial charge in [-0.05, 0) is 49.2 Å². The molecule has 0 bridgehead atoms. The largest absolute Gasteiger partial charge is 0.658 e. The van der Waals surface area contributed by atoms with E-state index in [0.29, 0.717) is 21.5 Å². The number of rotatable bonds is 4. The zero-order valence-electron chi connectivity index (χ0n) is 10.6. The van der Waals surface area contributed by atoms with E-state index in [9.17, 15) is 0 Å². The van der Waals surface area contributed by atoms with E-state index >= 15 is 0 Å². The second kappa shape index (κ2) is 6.22. The van der Waals surface area contributed by atoms with Crippen molar-refractivity contribution in [3.05, 3.63) is 57.6 Å². The molecule has 1 radical (unpaired) electrons. The van der Waals surface area contributed by atoms with Crippen LogP contribution in [0.15, 0.2) is 36.4 Å². The van der Waals surface area contributed by atoms with Crippen LogP contribution in [0.3, 0.4) is 0 Å². The maximum absolute atomic E-state index is 5.91. The molecule has 0 aliphatic rings. The molecule has 19 heavy (non-hydrogen) atoms. The van der Waals surface area contributed by atoms with Crippen LogP contribution in [-0.4, -0.2) is 7.69 Å². The van der Waals surface area contributed by atoms with Gasteiger partial charge < -0.3 is 9.31 Å². The summed E-state index contributed by atoms with van der Waals surface area (Å²) in [6.45, 7) is 3.87. The summed E-state index contributed by atoms with van der Waals surface area (Å²) in [5, 5.41) is 1.24. The Labute approximate surface area is 123 Å². The lowest BCUT2D eigenvalue weighted by Crippen LogP contribution is -2.12. The summed E-state index contributed by atoms with van der Waals surface area (Å²) in [4.78, 5) is 0. The molecule has 2 rings (SSSR count). The molecule has 0 spiro atoms. The molecule has 0 atom stereocenters. The zero-order valence-corrected chi connectivity index (χ0v) is 12.1. The number of benzene rings is 2. The van der Waals surface area contributed by atoms with Gasteiger partial charge >= 0.3 is 7.69 Å². The second-order valence-electron chi connectivity index (χ2n) is 4.15. The van der Waals surface area contributed by atoms with E-state index in [4.69, 9.17) is 32.5 Å². The van der Waals surface area contributed by atoms with Crippen LogP contribution in [0.2, 0.25) is 10.0 Å². The van der Waals surface area contributed by atoms with Gasteiger partial charge in [-0.1, -0.05) is 35.3 Å². The van der Waals surface area contributed by atoms with Crippen LogP contribution in [0.25, 0.3) is 0 Å². The fourth-order valence-corrected chi connectivity index (χ4v) is 1.85. The molecule has 5 heteroatoms. The average molecular weight is 294 g/mol. The Morgan fingerprint density at radius 2 is 1.21 bits per heavy atom. The first-order valence-electron chi connectivity index (χ1n) is 5.73. The molecule has 0 fully saturated rings. The van der Waals surface area contributed by atoms with E-state index in [1.165, 1.54) is 7.69 Å². The van der Waals surface area contributed by atoms with Crippen LogP contribution >= 0.6 is 23.2 Å². The summed E-state index contributed by atoms with van der Waals surface area (Å²) in [7, 11) is 1.28. The van der Waals surface area contributed by atoms with Crippen LogP contribution in [-0.2, 0) is 0 Å². The van der Waals surface area contributed by atoms with Crippen LogP contribution in [0.5, 0.6) is 11.5 Å². The zero-order chi connectivity index (χ0) is 13.8. The van der Waals surface area contributed by atoms with Crippen molar-refractivity contribution in [2.75, 3.05) is 0 Å². The summed E-state index contributed by atoms with van der Waals surface area (Å²) >= 11 is 11.8. The molecule has 97 valence electrons. The van der Waals surface area contributed by atoms with E-state index in [0.717, 1.165) is 11.1 Å². The third-order valence-electron chi connectivity index (χ3n) is 2.65. The minimum absolute atomic E-state index is 0.618. The standard InChI is InChI=1S/C14H12BCl2O2/c1-9-3-5-11(16)7-13(9)18-15-19-14-8-12(17)6-4-10(14)2/h3-8H,1-2H3. The first-order valence-corrected chi connectivity index (χ1v) is 6.49. The highest BCUT2D eigenvalue weighted by Crippen LogP contribution is 2.24. The highest BCUT2D eigenvalue weighted by atomic mass is 35.5. The summed E-state index contributed by atoms with van der Waals surface area (Å²) in [5.74, 6) is 1.32. The van der Waals surface area contributed by atoms with Gasteiger partial charge in [-0.3, -0.25) is 0 Å². The fraction of sp³-hybridized carbons (Fsp3) is 0.143. The Bertz CT molecular complexity index is 536. The number of halogens is 2. The van der Waals surface area contributed by atoms with Crippen LogP contribution < -0.4 is 9.31 Å². The molecule has 0 aliphatic carbocycles. The third-order valence-corrected chi connectivity index (χ3v) is 3.12. The molecule has 2 aromatic carbocycles. The number of aryl methyl sites for hydroxylation is 2. The third kappa shape index (κ3) is 3.82. The van der Waals surface area contributed by atoms with Crippen molar-refractivity contribution in [1.82, 2.24) is 0 Å². The maximum Gasteiger partial charge on any atom is 0.658 e. The molecule has 0 saturated heterocycles. The minimum Gasteiger partial charge on any atom is -0.526 e. The number of hydrogen-bond acceptors (Lipinski definition) is 2. The van der Waals surface area contributed by atoms with Gasteiger partial charge in [0.05, 0.1) is 0 Å². The highest BCUT2D eigenvalue weighted by molar-refractivity contribution is 6.31. The minimum atomic E-state index is 0.618. The van der Waals surface area contributed by atoms with Gasteiger partial charge in [0.2, 0.25) is 0 Å². The molecular formula is C14H12BCl2O2. The quantitative estimate of drug-likeness (QED) is 0.767. The van der Waals surface area contributed by atoms with Gasteiger partial charge in [0.15, 0.2) is 0 Å². The summed E-state index contributed by atoms with van der Waals surface area (Å²) in [6, 6.07) is 10.9. The summed E-state index contributed by atoms with van der Waals surface area (Å²) in [6.07, 6.45) is 0. The molecule has 2 aromatic rings. The highest BCUT2D eigenvalue weighted by Gasteiger charge is 2.07. The van der Waals surface area contributed by atoms with Crippen molar-refractivity contribution < 1.29 is 9.31 Å². The van der Waals surface area contributed by atoms with Crippen molar-refractivity contribution in [3.63, 3.8) is 0 Å². The normalized spacial score (nSPS) is 10.1. The van der Waals surface area contributed by atoms with Gasteiger partial charge in [-0.15, -0.1) is 0 Å². The lowest BCUT2D eigenvalue weighted by Gasteiger charge is -2.11. The van der Waals surface area contributed by atoms with Crippen molar-refractivity contribution in [2.24, 2.45) is 0 Å². The summed E-state index contributed by atoms with van der Waals surface area (Å²) < 4.78 is 10.9. The first kappa shape index (κ1) is 14.1. The summed E-state index contributed by atoms with van der Waals surface area (Å²) in [5.41, 5.74) is 1.96. The Kier molecular flexibility index (Phi) is 4.62. The van der Waals surface area contributed by atoms with E-state index in [2.05, 4.69) is 0 Å². The topological polar surface area (TPSA) is 18.5 Å². The predicted molar refractivity (Wildman–Crippen MR) is 79.4 cm³/mol. The van der Waals surface area contributed by atoms with Crippen molar-refractivity contribution in [3.8, 4) is 11.5 Å². The Hall–Kier alpha value is -1.32. The second-order valence-corrected chi connectivity index (χ2v) is 5.02. The van der Waals surface area contributed by atoms with E-state index in [-0.39, 0.29) is 0 Å². The van der Waals surface area contributed by atoms with Crippen molar-refractivity contribution in [1.29, 1.82) is 0 Å². The molecule has 2 nitrogen and oxygen atoms in total. The monoisotopic (exact) mass is 293 g/mol. The molecule has 0 amide bonds. The van der Waals surface area contributed by atoms with Crippen LogP contribution in [0.4, 0.5) is 0 Å². The smallest absolute Gasteiger partial charge is 0.526 e. The molecule has 0 aliphatic heterocycles. The lowest BCUT2D eigenvalue weighted by molar-refractivity contribution is 0.455. The molecule has 0 aromatic heterocycles. The van der Waals surface area contributed by atoms with Crippen LogP contribution in [0.1, 0.15) is 11.1 Å². The van der Waals surface area contributed by atoms with Gasteiger partial charge in [-0.2, -0.15) is 0 Å². The average Bonchev–Trinajstić information content (AvgIpc) is 2.38. The molecule has 0 N–H and O–H groups in total. The Morgan fingerprint density at radius 3 is 1.63 bits per heavy atom. The fourth-order valence-electron chi connectivity index (χ4n) is 1.53. The maximum atomic E-state index is 5.91. The predicted octanol–water partition coefficient (Wildman–Crippen LogP) is 4.60. The van der Waals surface area contributed by atoms with Crippen molar-refractivity contribution >= 4 is 30.9 Å². The number of hydrogen-bond donors (Lipinski definition) is 0. The van der Waals surface area contributed by atoms with Gasteiger partial charge in [-0.25, -0.2) is 0 Å². The van der Waals surface area contributed by atoms with Gasteiger partial charge in [0.25, 0.3) is 0 Å². The van der Waals surface area contributed by atoms with E-state index in [1.807, 2.05) is 38.1 Å². The van der Waals surface area contributed by atoms with Crippen LogP contribution in [0, 0.1) is 13.8 Å². The Balaban J connectivity index is 2.00. The van der Waals surface area contributed by atoms with Gasteiger partial charge in [0.1, 0.15) is 11.5 Å². The molecule has 0 heterocycles.